The van der Waals surface area contributed by atoms with Crippen LogP contribution in [0.4, 0.5) is 5.69 Å². The second-order valence-electron chi connectivity index (χ2n) is 5.53. The maximum absolute atomic E-state index is 6.09. The molecule has 0 spiro atoms. The molecule has 0 aliphatic carbocycles. The monoisotopic (exact) mass is 295 g/mol. The molecule has 2 aromatic rings. The number of rotatable bonds is 3. The number of hydrogen-bond acceptors (Lipinski definition) is 4. The highest BCUT2D eigenvalue weighted by molar-refractivity contribution is 7.11. The van der Waals surface area contributed by atoms with Gasteiger partial charge in [0.2, 0.25) is 0 Å². The Bertz CT molecular complexity index is 552. The number of thiazole rings is 1. The van der Waals surface area contributed by atoms with Crippen LogP contribution in [0.3, 0.4) is 0 Å². The molecular formula is C14H18ClN3S. The van der Waals surface area contributed by atoms with Crippen molar-refractivity contribution >= 4 is 28.6 Å². The van der Waals surface area contributed by atoms with E-state index in [1.807, 2.05) is 19.2 Å². The minimum Gasteiger partial charge on any atom is -0.377 e. The number of nitrogens with zero attached hydrogens (tertiary/aromatic N) is 2. The second kappa shape index (κ2) is 5.47. The van der Waals surface area contributed by atoms with Crippen LogP contribution >= 0.6 is 22.9 Å². The highest BCUT2D eigenvalue weighted by Gasteiger charge is 2.18. The van der Waals surface area contributed by atoms with Gasteiger partial charge in [0, 0.05) is 22.7 Å². The summed E-state index contributed by atoms with van der Waals surface area (Å²) < 4.78 is 0. The largest absolute Gasteiger partial charge is 0.377 e. The summed E-state index contributed by atoms with van der Waals surface area (Å²) in [6.07, 6.45) is 3.64. The molecule has 0 aromatic carbocycles. The fraction of sp³-hybridized carbons (Fsp3) is 0.429. The molecule has 102 valence electrons. The molecule has 0 aliphatic rings. The lowest BCUT2D eigenvalue weighted by molar-refractivity contribution is 0.585. The number of nitrogens with one attached hydrogen (secondary N) is 1. The van der Waals surface area contributed by atoms with Crippen LogP contribution in [0.5, 0.6) is 0 Å². The summed E-state index contributed by atoms with van der Waals surface area (Å²) in [5.41, 5.74) is 2.10. The van der Waals surface area contributed by atoms with E-state index in [0.29, 0.717) is 5.15 Å². The molecule has 0 atom stereocenters. The molecular weight excluding hydrogens is 278 g/mol. The van der Waals surface area contributed by atoms with Gasteiger partial charge in [0.15, 0.2) is 5.15 Å². The molecule has 3 nitrogen and oxygen atoms in total. The van der Waals surface area contributed by atoms with E-state index < -0.39 is 0 Å². The summed E-state index contributed by atoms with van der Waals surface area (Å²) in [6, 6.07) is 1.95. The summed E-state index contributed by atoms with van der Waals surface area (Å²) in [5, 5.41) is 5.00. The smallest absolute Gasteiger partial charge is 0.152 e. The molecule has 0 radical (unpaired) electrons. The Hall–Kier alpha value is -1.13. The van der Waals surface area contributed by atoms with Crippen molar-refractivity contribution in [3.8, 4) is 0 Å². The molecule has 0 bridgehead atoms. The van der Waals surface area contributed by atoms with Gasteiger partial charge in [0.05, 0.1) is 17.2 Å². The molecule has 0 aliphatic heterocycles. The average Bonchev–Trinajstić information content (AvgIpc) is 2.77. The van der Waals surface area contributed by atoms with E-state index in [2.05, 4.69) is 36.1 Å². The van der Waals surface area contributed by atoms with Crippen molar-refractivity contribution in [2.24, 2.45) is 0 Å². The maximum atomic E-state index is 6.09. The number of pyridine rings is 1. The summed E-state index contributed by atoms with van der Waals surface area (Å²) in [6.45, 7) is 9.25. The van der Waals surface area contributed by atoms with Gasteiger partial charge in [-0.05, 0) is 18.6 Å². The van der Waals surface area contributed by atoms with Gasteiger partial charge < -0.3 is 5.32 Å². The quantitative estimate of drug-likeness (QED) is 0.852. The van der Waals surface area contributed by atoms with Crippen molar-refractivity contribution in [2.75, 3.05) is 5.32 Å². The molecule has 0 fully saturated rings. The van der Waals surface area contributed by atoms with Gasteiger partial charge in [-0.25, -0.2) is 9.97 Å². The average molecular weight is 296 g/mol. The van der Waals surface area contributed by atoms with E-state index in [9.17, 15) is 0 Å². The van der Waals surface area contributed by atoms with Crippen LogP contribution in [0.25, 0.3) is 0 Å². The van der Waals surface area contributed by atoms with Gasteiger partial charge in [-0.1, -0.05) is 32.4 Å². The van der Waals surface area contributed by atoms with Crippen LogP contribution in [0.15, 0.2) is 18.5 Å². The van der Waals surface area contributed by atoms with Gasteiger partial charge >= 0.3 is 0 Å². The van der Waals surface area contributed by atoms with E-state index in [1.165, 1.54) is 4.88 Å². The van der Waals surface area contributed by atoms with Crippen LogP contribution in [0.2, 0.25) is 5.15 Å². The van der Waals surface area contributed by atoms with Gasteiger partial charge in [0.1, 0.15) is 0 Å². The Kier molecular flexibility index (Phi) is 4.11. The summed E-state index contributed by atoms with van der Waals surface area (Å²) >= 11 is 7.82. The van der Waals surface area contributed by atoms with E-state index in [0.717, 1.165) is 22.8 Å². The summed E-state index contributed by atoms with van der Waals surface area (Å²) in [5.74, 6) is 0. The van der Waals surface area contributed by atoms with E-state index in [4.69, 9.17) is 11.6 Å². The van der Waals surface area contributed by atoms with Crippen LogP contribution in [-0.2, 0) is 12.0 Å². The van der Waals surface area contributed by atoms with Crippen LogP contribution < -0.4 is 5.32 Å². The molecule has 2 rings (SSSR count). The fourth-order valence-corrected chi connectivity index (χ4v) is 2.83. The van der Waals surface area contributed by atoms with Gasteiger partial charge in [0.25, 0.3) is 0 Å². The zero-order valence-electron chi connectivity index (χ0n) is 11.6. The van der Waals surface area contributed by atoms with Gasteiger partial charge in [-0.3, -0.25) is 0 Å². The van der Waals surface area contributed by atoms with E-state index in [-0.39, 0.29) is 5.41 Å². The minimum absolute atomic E-state index is 0.102. The molecule has 0 saturated carbocycles. The highest BCUT2D eigenvalue weighted by atomic mass is 35.5. The SMILES string of the molecule is Cc1ccnc(Cl)c1NCc1cnc(C(C)(C)C)s1. The standard InChI is InChI=1S/C14H18ClN3S/c1-9-5-6-16-12(15)11(9)17-7-10-8-18-13(19-10)14(2,3)4/h5-6,8,17H,7H2,1-4H3. The lowest BCUT2D eigenvalue weighted by Gasteiger charge is -2.13. The summed E-state index contributed by atoms with van der Waals surface area (Å²) in [7, 11) is 0. The maximum Gasteiger partial charge on any atom is 0.152 e. The first kappa shape index (κ1) is 14.3. The van der Waals surface area contributed by atoms with Crippen molar-refractivity contribution < 1.29 is 0 Å². The van der Waals surface area contributed by atoms with Crippen molar-refractivity contribution in [1.82, 2.24) is 9.97 Å². The summed E-state index contributed by atoms with van der Waals surface area (Å²) in [4.78, 5) is 9.76. The van der Waals surface area contributed by atoms with Gasteiger partial charge in [-0.2, -0.15) is 0 Å². The number of aromatic nitrogens is 2. The molecule has 2 heterocycles. The zero-order chi connectivity index (χ0) is 14.0. The third kappa shape index (κ3) is 3.45. The highest BCUT2D eigenvalue weighted by Crippen LogP contribution is 2.28. The molecule has 0 saturated heterocycles. The Balaban J connectivity index is 2.09. The second-order valence-corrected chi connectivity index (χ2v) is 7.00. The topological polar surface area (TPSA) is 37.8 Å². The molecule has 0 amide bonds. The number of aryl methyl sites for hydroxylation is 1. The Morgan fingerprint density at radius 3 is 2.63 bits per heavy atom. The van der Waals surface area contributed by atoms with E-state index in [1.54, 1.807) is 17.5 Å². The van der Waals surface area contributed by atoms with Crippen molar-refractivity contribution in [1.29, 1.82) is 0 Å². The third-order valence-electron chi connectivity index (χ3n) is 2.75. The number of hydrogen-bond donors (Lipinski definition) is 1. The van der Waals surface area contributed by atoms with Crippen molar-refractivity contribution in [3.05, 3.63) is 39.1 Å². The molecule has 19 heavy (non-hydrogen) atoms. The first-order valence-corrected chi connectivity index (χ1v) is 7.37. The van der Waals surface area contributed by atoms with Crippen LogP contribution in [0, 0.1) is 6.92 Å². The lowest BCUT2D eigenvalue weighted by atomic mass is 9.98. The molecule has 1 N–H and O–H groups in total. The predicted octanol–water partition coefficient (Wildman–Crippen LogP) is 4.41. The first-order chi connectivity index (χ1) is 8.88. The van der Waals surface area contributed by atoms with E-state index >= 15 is 0 Å². The van der Waals surface area contributed by atoms with Crippen molar-refractivity contribution in [3.63, 3.8) is 0 Å². The zero-order valence-corrected chi connectivity index (χ0v) is 13.2. The van der Waals surface area contributed by atoms with Crippen LogP contribution in [0.1, 0.15) is 36.2 Å². The van der Waals surface area contributed by atoms with Crippen molar-refractivity contribution in [2.45, 2.75) is 39.7 Å². The fourth-order valence-electron chi connectivity index (χ4n) is 1.65. The normalized spacial score (nSPS) is 11.6. The minimum atomic E-state index is 0.102. The third-order valence-corrected chi connectivity index (χ3v) is 4.46. The predicted molar refractivity (Wildman–Crippen MR) is 82.1 cm³/mol. The Labute approximate surface area is 123 Å². The molecule has 5 heteroatoms. The lowest BCUT2D eigenvalue weighted by Crippen LogP contribution is -2.09. The Morgan fingerprint density at radius 1 is 1.32 bits per heavy atom. The van der Waals surface area contributed by atoms with Crippen LogP contribution in [-0.4, -0.2) is 9.97 Å². The Morgan fingerprint density at radius 2 is 2.05 bits per heavy atom. The molecule has 2 aromatic heterocycles. The van der Waals surface area contributed by atoms with Gasteiger partial charge in [-0.15, -0.1) is 11.3 Å². The first-order valence-electron chi connectivity index (χ1n) is 6.18. The number of anilines is 1. The molecule has 0 unspecified atom stereocenters. The number of halogens is 1.